The van der Waals surface area contributed by atoms with Crippen LogP contribution in [0.4, 0.5) is 0 Å². The molecular weight excluding hydrogens is 332 g/mol. The summed E-state index contributed by atoms with van der Waals surface area (Å²) in [6.45, 7) is 9.54. The molecule has 0 bridgehead atoms. The van der Waals surface area contributed by atoms with Gasteiger partial charge in [-0.05, 0) is 32.4 Å². The molecule has 1 fully saturated rings. The first-order valence-corrected chi connectivity index (χ1v) is 9.82. The highest BCUT2D eigenvalue weighted by Crippen LogP contribution is 2.19. The van der Waals surface area contributed by atoms with Crippen LogP contribution >= 0.6 is 11.3 Å². The Morgan fingerprint density at radius 2 is 2.28 bits per heavy atom. The van der Waals surface area contributed by atoms with Crippen LogP contribution in [0.1, 0.15) is 26.0 Å². The molecule has 0 radical (unpaired) electrons. The Hall–Kier alpha value is -1.47. The second-order valence-corrected chi connectivity index (χ2v) is 7.73. The molecule has 3 rings (SSSR count). The van der Waals surface area contributed by atoms with E-state index in [4.69, 9.17) is 0 Å². The number of nitrogens with zero attached hydrogens (tertiary/aromatic N) is 4. The summed E-state index contributed by atoms with van der Waals surface area (Å²) < 4.78 is 2.18. The van der Waals surface area contributed by atoms with Crippen molar-refractivity contribution in [3.05, 3.63) is 47.2 Å². The molecule has 1 N–H and O–H groups in total. The average molecular weight is 361 g/mol. The number of aromatic nitrogens is 2. The van der Waals surface area contributed by atoms with E-state index in [1.165, 1.54) is 11.3 Å². The quantitative estimate of drug-likeness (QED) is 0.771. The summed E-state index contributed by atoms with van der Waals surface area (Å²) in [7, 11) is 0. The summed E-state index contributed by atoms with van der Waals surface area (Å²) in [6, 6.07) is 4.68. The van der Waals surface area contributed by atoms with E-state index in [0.29, 0.717) is 6.04 Å². The fourth-order valence-electron chi connectivity index (χ4n) is 3.36. The predicted molar refractivity (Wildman–Crippen MR) is 103 cm³/mol. The zero-order chi connectivity index (χ0) is 17.6. The molecule has 6 heteroatoms. The number of aliphatic hydroxyl groups is 1. The van der Waals surface area contributed by atoms with Crippen LogP contribution in [0.5, 0.6) is 0 Å². The molecule has 0 saturated carbocycles. The highest BCUT2D eigenvalue weighted by atomic mass is 32.1. The normalized spacial score (nSPS) is 19.2. The zero-order valence-electron chi connectivity index (χ0n) is 15.1. The minimum atomic E-state index is 0.249. The Morgan fingerprint density at radius 3 is 3.00 bits per heavy atom. The fraction of sp³-hybridized carbons (Fsp3) is 0.526. The summed E-state index contributed by atoms with van der Waals surface area (Å²) >= 11 is 1.66. The Labute approximate surface area is 154 Å². The zero-order valence-corrected chi connectivity index (χ0v) is 16.0. The Balaban J connectivity index is 1.65. The number of hydrogen-bond acceptors (Lipinski definition) is 5. The maximum atomic E-state index is 9.45. The number of allylic oxidation sites excluding steroid dienone is 1. The van der Waals surface area contributed by atoms with E-state index in [9.17, 15) is 5.11 Å². The molecule has 1 aliphatic heterocycles. The Morgan fingerprint density at radius 1 is 1.40 bits per heavy atom. The summed E-state index contributed by atoms with van der Waals surface area (Å²) in [6.07, 6.45) is 7.06. The van der Waals surface area contributed by atoms with E-state index in [-0.39, 0.29) is 6.61 Å². The van der Waals surface area contributed by atoms with Gasteiger partial charge in [-0.2, -0.15) is 0 Å². The van der Waals surface area contributed by atoms with E-state index < -0.39 is 0 Å². The first-order valence-electron chi connectivity index (χ1n) is 8.94. The summed E-state index contributed by atoms with van der Waals surface area (Å²) in [4.78, 5) is 9.42. The van der Waals surface area contributed by atoms with Crippen LogP contribution in [0.15, 0.2) is 41.6 Å². The molecule has 0 amide bonds. The van der Waals surface area contributed by atoms with Gasteiger partial charge in [0.15, 0.2) is 5.13 Å². The van der Waals surface area contributed by atoms with Gasteiger partial charge in [0.1, 0.15) is 0 Å². The highest BCUT2D eigenvalue weighted by Gasteiger charge is 2.26. The molecule has 2 aromatic rings. The lowest BCUT2D eigenvalue weighted by Gasteiger charge is -2.41. The van der Waals surface area contributed by atoms with Crippen LogP contribution in [-0.2, 0) is 6.54 Å². The molecule has 1 saturated heterocycles. The molecule has 136 valence electrons. The van der Waals surface area contributed by atoms with Crippen molar-refractivity contribution in [3.8, 4) is 5.13 Å². The van der Waals surface area contributed by atoms with Crippen molar-refractivity contribution in [2.75, 3.05) is 32.8 Å². The molecule has 0 aromatic carbocycles. The third-order valence-electron chi connectivity index (χ3n) is 4.73. The lowest BCUT2D eigenvalue weighted by atomic mass is 10.1. The van der Waals surface area contributed by atoms with E-state index in [2.05, 4.69) is 57.6 Å². The van der Waals surface area contributed by atoms with Crippen molar-refractivity contribution in [2.45, 2.75) is 32.9 Å². The predicted octanol–water partition coefficient (Wildman–Crippen LogP) is 2.77. The van der Waals surface area contributed by atoms with Crippen molar-refractivity contribution in [3.63, 3.8) is 0 Å². The number of aliphatic hydroxyl groups excluding tert-OH is 1. The van der Waals surface area contributed by atoms with Crippen molar-refractivity contribution < 1.29 is 5.11 Å². The summed E-state index contributed by atoms with van der Waals surface area (Å²) in [5, 5.41) is 12.5. The van der Waals surface area contributed by atoms with Gasteiger partial charge in [-0.3, -0.25) is 14.4 Å². The first kappa shape index (κ1) is 18.3. The second kappa shape index (κ2) is 8.76. The maximum absolute atomic E-state index is 9.45. The Kier molecular flexibility index (Phi) is 6.42. The molecule has 1 atom stereocenters. The average Bonchev–Trinajstić information content (AvgIpc) is 3.25. The maximum Gasteiger partial charge on any atom is 0.193 e. The first-order chi connectivity index (χ1) is 12.2. The van der Waals surface area contributed by atoms with E-state index in [0.717, 1.165) is 44.3 Å². The van der Waals surface area contributed by atoms with Crippen LogP contribution < -0.4 is 0 Å². The van der Waals surface area contributed by atoms with Crippen LogP contribution in [0.25, 0.3) is 5.13 Å². The third-order valence-corrected chi connectivity index (χ3v) is 5.50. The molecule has 3 heterocycles. The van der Waals surface area contributed by atoms with Crippen LogP contribution in [0.3, 0.4) is 0 Å². The number of piperazine rings is 1. The number of rotatable bonds is 7. The summed E-state index contributed by atoms with van der Waals surface area (Å²) in [5.41, 5.74) is 2.63. The molecule has 2 aromatic heterocycles. The van der Waals surface area contributed by atoms with Crippen LogP contribution in [0.2, 0.25) is 0 Å². The van der Waals surface area contributed by atoms with Crippen molar-refractivity contribution in [1.82, 2.24) is 19.4 Å². The van der Waals surface area contributed by atoms with Gasteiger partial charge >= 0.3 is 0 Å². The van der Waals surface area contributed by atoms with Gasteiger partial charge in [-0.25, -0.2) is 4.98 Å². The lowest BCUT2D eigenvalue weighted by molar-refractivity contribution is 0.0628. The van der Waals surface area contributed by atoms with Crippen molar-refractivity contribution >= 4 is 11.3 Å². The fourth-order valence-corrected chi connectivity index (χ4v) is 4.02. The van der Waals surface area contributed by atoms with Gasteiger partial charge in [0.2, 0.25) is 0 Å². The van der Waals surface area contributed by atoms with Crippen molar-refractivity contribution in [2.24, 2.45) is 0 Å². The van der Waals surface area contributed by atoms with E-state index in [1.54, 1.807) is 11.3 Å². The third kappa shape index (κ3) is 4.79. The minimum Gasteiger partial charge on any atom is -0.396 e. The van der Waals surface area contributed by atoms with Gasteiger partial charge in [-0.1, -0.05) is 11.6 Å². The SMILES string of the molecule is CC(C)=CCN1CCN(Cc2cccn2-c2nccs2)C[C@@H]1CCO. The molecule has 0 unspecified atom stereocenters. The lowest BCUT2D eigenvalue weighted by Crippen LogP contribution is -2.53. The highest BCUT2D eigenvalue weighted by molar-refractivity contribution is 7.12. The second-order valence-electron chi connectivity index (χ2n) is 6.86. The minimum absolute atomic E-state index is 0.249. The van der Waals surface area contributed by atoms with Gasteiger partial charge in [0, 0.05) is 68.8 Å². The van der Waals surface area contributed by atoms with Gasteiger partial charge in [-0.15, -0.1) is 11.3 Å². The molecular formula is C19H28N4OS. The van der Waals surface area contributed by atoms with E-state index >= 15 is 0 Å². The number of thiazole rings is 1. The Bertz CT molecular complexity index is 675. The standard InChI is InChI=1S/C19H28N4OS/c1-16(2)5-9-22-11-10-21(14-17(22)6-12-24)15-18-4-3-8-23(18)19-20-7-13-25-19/h3-5,7-8,13,17,24H,6,9-12,14-15H2,1-2H3/t17-/m0/s1. The summed E-state index contributed by atoms with van der Waals surface area (Å²) in [5.74, 6) is 0. The smallest absolute Gasteiger partial charge is 0.193 e. The molecule has 25 heavy (non-hydrogen) atoms. The monoisotopic (exact) mass is 360 g/mol. The molecule has 1 aliphatic rings. The van der Waals surface area contributed by atoms with Gasteiger partial charge in [0.25, 0.3) is 0 Å². The number of hydrogen-bond donors (Lipinski definition) is 1. The molecule has 0 spiro atoms. The van der Waals surface area contributed by atoms with Crippen LogP contribution in [0, 0.1) is 0 Å². The van der Waals surface area contributed by atoms with Crippen LogP contribution in [-0.4, -0.2) is 63.3 Å². The van der Waals surface area contributed by atoms with Gasteiger partial charge in [0.05, 0.1) is 0 Å². The van der Waals surface area contributed by atoms with Crippen molar-refractivity contribution in [1.29, 1.82) is 0 Å². The molecule has 5 nitrogen and oxygen atoms in total. The largest absolute Gasteiger partial charge is 0.396 e. The van der Waals surface area contributed by atoms with E-state index in [1.807, 2.05) is 11.6 Å². The topological polar surface area (TPSA) is 44.5 Å². The van der Waals surface area contributed by atoms with Gasteiger partial charge < -0.3 is 5.11 Å². The molecule has 0 aliphatic carbocycles.